The second-order valence-electron chi connectivity index (χ2n) is 7.01. The van der Waals surface area contributed by atoms with E-state index in [0.29, 0.717) is 26.2 Å². The number of likely N-dealkylation sites (tertiary alicyclic amines) is 1. The van der Waals surface area contributed by atoms with E-state index in [-0.39, 0.29) is 28.6 Å². The molecule has 1 fully saturated rings. The zero-order chi connectivity index (χ0) is 22.3. The van der Waals surface area contributed by atoms with E-state index >= 15 is 0 Å². The summed E-state index contributed by atoms with van der Waals surface area (Å²) in [4.78, 5) is 52.6. The normalized spacial score (nSPS) is 15.9. The molecule has 164 valence electrons. The van der Waals surface area contributed by atoms with Crippen LogP contribution in [0.4, 0.5) is 10.5 Å². The molecule has 1 unspecified atom stereocenters. The van der Waals surface area contributed by atoms with Gasteiger partial charge in [0.15, 0.2) is 0 Å². The molecule has 1 heterocycles. The van der Waals surface area contributed by atoms with Crippen molar-refractivity contribution in [2.75, 3.05) is 45.7 Å². The van der Waals surface area contributed by atoms with Crippen molar-refractivity contribution < 1.29 is 28.7 Å². The van der Waals surface area contributed by atoms with Gasteiger partial charge in [0.25, 0.3) is 0 Å². The zero-order valence-corrected chi connectivity index (χ0v) is 17.9. The largest absolute Gasteiger partial charge is 0.465 e. The summed E-state index contributed by atoms with van der Waals surface area (Å²) in [5.74, 6) is -1.46. The Morgan fingerprint density at radius 1 is 1.03 bits per heavy atom. The quantitative estimate of drug-likeness (QED) is 0.710. The molecule has 1 aromatic carbocycles. The number of piperidine rings is 1. The predicted octanol–water partition coefficient (Wildman–Crippen LogP) is 2.37. The van der Waals surface area contributed by atoms with E-state index < -0.39 is 18.0 Å². The highest BCUT2D eigenvalue weighted by Crippen LogP contribution is 2.22. The monoisotopic (exact) mass is 419 g/mol. The highest BCUT2D eigenvalue weighted by Gasteiger charge is 2.30. The maximum atomic E-state index is 12.8. The minimum atomic E-state index is -0.640. The van der Waals surface area contributed by atoms with Crippen molar-refractivity contribution in [3.8, 4) is 0 Å². The Morgan fingerprint density at radius 3 is 2.10 bits per heavy atom. The van der Waals surface area contributed by atoms with E-state index in [1.165, 1.54) is 32.4 Å². The van der Waals surface area contributed by atoms with Crippen LogP contribution in [0, 0.1) is 5.92 Å². The molecular formula is C21H29N3O6. The fraction of sp³-hybridized carbons (Fsp3) is 0.524. The number of urea groups is 1. The first kappa shape index (κ1) is 23.2. The van der Waals surface area contributed by atoms with Gasteiger partial charge in [-0.25, -0.2) is 14.4 Å². The highest BCUT2D eigenvalue weighted by atomic mass is 16.5. The third-order valence-corrected chi connectivity index (χ3v) is 5.16. The van der Waals surface area contributed by atoms with Gasteiger partial charge in [-0.1, -0.05) is 0 Å². The summed E-state index contributed by atoms with van der Waals surface area (Å²) in [6, 6.07) is 3.80. The first-order valence-corrected chi connectivity index (χ1v) is 10.0. The van der Waals surface area contributed by atoms with E-state index in [4.69, 9.17) is 9.47 Å². The van der Waals surface area contributed by atoms with Crippen LogP contribution in [0.3, 0.4) is 0 Å². The lowest BCUT2D eigenvalue weighted by atomic mass is 9.96. The van der Waals surface area contributed by atoms with Crippen molar-refractivity contribution in [2.45, 2.75) is 26.7 Å². The van der Waals surface area contributed by atoms with Gasteiger partial charge in [0.1, 0.15) is 0 Å². The lowest BCUT2D eigenvalue weighted by molar-refractivity contribution is -0.136. The first-order valence-electron chi connectivity index (χ1n) is 10.0. The first-order chi connectivity index (χ1) is 14.3. The molecule has 1 aliphatic rings. The van der Waals surface area contributed by atoms with Crippen molar-refractivity contribution in [2.24, 2.45) is 5.92 Å². The molecule has 0 saturated carbocycles. The maximum absolute atomic E-state index is 12.8. The van der Waals surface area contributed by atoms with Gasteiger partial charge in [0.2, 0.25) is 5.91 Å². The molecular weight excluding hydrogens is 390 g/mol. The molecule has 9 nitrogen and oxygen atoms in total. The number of methoxy groups -OCH3 is 2. The van der Waals surface area contributed by atoms with E-state index in [2.05, 4.69) is 5.32 Å². The molecule has 0 radical (unpaired) electrons. The number of nitrogens with one attached hydrogen (secondary N) is 1. The molecule has 9 heteroatoms. The number of carbonyl (C=O) groups is 4. The Balaban J connectivity index is 2.17. The minimum absolute atomic E-state index is 0.0539. The molecule has 1 aliphatic heterocycles. The molecule has 1 atom stereocenters. The van der Waals surface area contributed by atoms with Crippen LogP contribution in [0.5, 0.6) is 0 Å². The molecule has 3 amide bonds. The van der Waals surface area contributed by atoms with Crippen LogP contribution >= 0.6 is 0 Å². The number of nitrogens with zero attached hydrogens (tertiary/aromatic N) is 2. The topological polar surface area (TPSA) is 105 Å². The number of anilines is 1. The number of hydrogen-bond donors (Lipinski definition) is 1. The number of hydrogen-bond acceptors (Lipinski definition) is 6. The SMILES string of the molecule is CCN(CC)C(=O)C1CCCN(C(=O)Nc2cc(C(=O)OC)cc(C(=O)OC)c2)C1. The van der Waals surface area contributed by atoms with Crippen LogP contribution in [0.25, 0.3) is 0 Å². The lowest BCUT2D eigenvalue weighted by Gasteiger charge is -2.34. The predicted molar refractivity (Wildman–Crippen MR) is 110 cm³/mol. The third kappa shape index (κ3) is 5.49. The van der Waals surface area contributed by atoms with E-state index in [1.807, 2.05) is 13.8 Å². The number of amides is 3. The van der Waals surface area contributed by atoms with Gasteiger partial charge in [-0.2, -0.15) is 0 Å². The number of esters is 2. The van der Waals surface area contributed by atoms with Gasteiger partial charge in [-0.05, 0) is 44.9 Å². The summed E-state index contributed by atoms with van der Waals surface area (Å²) in [6.07, 6.45) is 1.46. The van der Waals surface area contributed by atoms with Crippen molar-refractivity contribution in [3.05, 3.63) is 29.3 Å². The Kier molecular flexibility index (Phi) is 8.20. The molecule has 2 rings (SSSR count). The maximum Gasteiger partial charge on any atom is 0.337 e. The molecule has 0 bridgehead atoms. The molecule has 0 aliphatic carbocycles. The zero-order valence-electron chi connectivity index (χ0n) is 17.9. The molecule has 0 aromatic heterocycles. The second kappa shape index (κ2) is 10.6. The summed E-state index contributed by atoms with van der Waals surface area (Å²) in [5.41, 5.74) is 0.494. The van der Waals surface area contributed by atoms with Crippen LogP contribution in [-0.2, 0) is 14.3 Å². The average molecular weight is 419 g/mol. The van der Waals surface area contributed by atoms with Crippen LogP contribution in [0.1, 0.15) is 47.4 Å². The molecule has 30 heavy (non-hydrogen) atoms. The highest BCUT2D eigenvalue weighted by molar-refractivity contribution is 5.99. The average Bonchev–Trinajstić information content (AvgIpc) is 2.78. The fourth-order valence-corrected chi connectivity index (χ4v) is 3.53. The van der Waals surface area contributed by atoms with Gasteiger partial charge in [-0.15, -0.1) is 0 Å². The Bertz CT molecular complexity index is 772. The summed E-state index contributed by atoms with van der Waals surface area (Å²) >= 11 is 0. The third-order valence-electron chi connectivity index (χ3n) is 5.16. The van der Waals surface area contributed by atoms with E-state index in [0.717, 1.165) is 12.8 Å². The van der Waals surface area contributed by atoms with Crippen molar-refractivity contribution in [1.82, 2.24) is 9.80 Å². The van der Waals surface area contributed by atoms with Crippen LogP contribution in [0.2, 0.25) is 0 Å². The van der Waals surface area contributed by atoms with Crippen LogP contribution in [-0.4, -0.2) is 74.1 Å². The van der Waals surface area contributed by atoms with Gasteiger partial charge in [-0.3, -0.25) is 4.79 Å². The summed E-state index contributed by atoms with van der Waals surface area (Å²) < 4.78 is 9.42. The molecule has 1 saturated heterocycles. The minimum Gasteiger partial charge on any atom is -0.465 e. The Hall–Kier alpha value is -3.10. The van der Waals surface area contributed by atoms with Crippen molar-refractivity contribution in [3.63, 3.8) is 0 Å². The van der Waals surface area contributed by atoms with Gasteiger partial charge in [0.05, 0.1) is 31.3 Å². The Morgan fingerprint density at radius 2 is 1.60 bits per heavy atom. The number of carbonyl (C=O) groups excluding carboxylic acids is 4. The van der Waals surface area contributed by atoms with Crippen LogP contribution in [0.15, 0.2) is 18.2 Å². The lowest BCUT2D eigenvalue weighted by Crippen LogP contribution is -2.48. The summed E-state index contributed by atoms with van der Waals surface area (Å²) in [5, 5.41) is 2.71. The second-order valence-corrected chi connectivity index (χ2v) is 7.01. The van der Waals surface area contributed by atoms with E-state index in [1.54, 1.807) is 9.80 Å². The summed E-state index contributed by atoms with van der Waals surface area (Å²) in [6.45, 7) is 5.98. The van der Waals surface area contributed by atoms with Gasteiger partial charge >= 0.3 is 18.0 Å². The standard InChI is InChI=1S/C21H29N3O6/c1-5-23(6-2)18(25)14-8-7-9-24(13-14)21(28)22-17-11-15(19(26)29-3)10-16(12-17)20(27)30-4/h10-12,14H,5-9,13H2,1-4H3,(H,22,28). The fourth-order valence-electron chi connectivity index (χ4n) is 3.53. The molecule has 1 aromatic rings. The van der Waals surface area contributed by atoms with E-state index in [9.17, 15) is 19.2 Å². The van der Waals surface area contributed by atoms with Crippen LogP contribution < -0.4 is 5.32 Å². The number of ether oxygens (including phenoxy) is 2. The van der Waals surface area contributed by atoms with Gasteiger partial charge in [0, 0.05) is 31.9 Å². The number of benzene rings is 1. The number of rotatable bonds is 6. The summed E-state index contributed by atoms with van der Waals surface area (Å²) in [7, 11) is 2.46. The Labute approximate surface area is 176 Å². The van der Waals surface area contributed by atoms with Crippen molar-refractivity contribution >= 4 is 29.6 Å². The van der Waals surface area contributed by atoms with Gasteiger partial charge < -0.3 is 24.6 Å². The molecule has 0 spiro atoms. The van der Waals surface area contributed by atoms with Crippen molar-refractivity contribution in [1.29, 1.82) is 0 Å². The smallest absolute Gasteiger partial charge is 0.337 e. The molecule has 1 N–H and O–H groups in total.